The molecule has 6 heteroatoms. The minimum atomic E-state index is -0.247. The van der Waals surface area contributed by atoms with Gasteiger partial charge in [0, 0.05) is 43.4 Å². The van der Waals surface area contributed by atoms with Crippen LogP contribution in [0.3, 0.4) is 0 Å². The molecule has 1 saturated carbocycles. The van der Waals surface area contributed by atoms with Crippen LogP contribution in [-0.4, -0.2) is 41.4 Å². The third-order valence-corrected chi connectivity index (χ3v) is 4.66. The van der Waals surface area contributed by atoms with Crippen LogP contribution in [-0.2, 0) is 11.3 Å². The van der Waals surface area contributed by atoms with E-state index in [0.29, 0.717) is 16.3 Å². The van der Waals surface area contributed by atoms with E-state index in [2.05, 4.69) is 5.32 Å². The van der Waals surface area contributed by atoms with Gasteiger partial charge in [-0.25, -0.2) is 0 Å². The lowest BCUT2D eigenvalue weighted by Crippen LogP contribution is -2.37. The first-order valence-electron chi connectivity index (χ1n) is 8.60. The molecule has 1 N–H and O–H groups in total. The monoisotopic (exact) mass is 341 g/mol. The van der Waals surface area contributed by atoms with Crippen LogP contribution in [0, 0.1) is 0 Å². The van der Waals surface area contributed by atoms with E-state index < -0.39 is 0 Å². The maximum absolute atomic E-state index is 12.4. The Morgan fingerprint density at radius 3 is 2.64 bits per heavy atom. The third kappa shape index (κ3) is 3.73. The zero-order valence-electron chi connectivity index (χ0n) is 14.6. The molecule has 0 aliphatic heterocycles. The number of amides is 2. The van der Waals surface area contributed by atoms with E-state index in [4.69, 9.17) is 0 Å². The summed E-state index contributed by atoms with van der Waals surface area (Å²) in [6.45, 7) is -0.0320. The first kappa shape index (κ1) is 17.2. The molecule has 0 bridgehead atoms. The summed E-state index contributed by atoms with van der Waals surface area (Å²) < 4.78 is 1.37. The quantitative estimate of drug-likeness (QED) is 0.921. The average molecular weight is 341 g/mol. The Hall–Kier alpha value is -2.63. The van der Waals surface area contributed by atoms with E-state index in [-0.39, 0.29) is 30.0 Å². The summed E-state index contributed by atoms with van der Waals surface area (Å²) in [6.07, 6.45) is 5.88. The van der Waals surface area contributed by atoms with Gasteiger partial charge in [0.2, 0.25) is 5.91 Å². The molecule has 0 spiro atoms. The van der Waals surface area contributed by atoms with Gasteiger partial charge in [-0.1, -0.05) is 25.0 Å². The summed E-state index contributed by atoms with van der Waals surface area (Å²) in [4.78, 5) is 38.4. The van der Waals surface area contributed by atoms with Crippen LogP contribution < -0.4 is 10.9 Å². The standard InChI is InChI=1S/C19H23N3O3/c1-21(2)19(25)15-9-5-6-13-10-18(24)22(11-16(13)15)12-17(23)20-14-7-3-4-8-14/h5-6,9-11,14H,3-4,7-8,12H2,1-2H3,(H,20,23). The summed E-state index contributed by atoms with van der Waals surface area (Å²) in [5, 5.41) is 4.36. The van der Waals surface area contributed by atoms with E-state index in [9.17, 15) is 14.4 Å². The molecule has 0 saturated heterocycles. The Morgan fingerprint density at radius 1 is 1.24 bits per heavy atom. The number of hydrogen-bond donors (Lipinski definition) is 1. The molecule has 1 aromatic carbocycles. The highest BCUT2D eigenvalue weighted by molar-refractivity contribution is 6.06. The highest BCUT2D eigenvalue weighted by atomic mass is 16.2. The van der Waals surface area contributed by atoms with Gasteiger partial charge >= 0.3 is 0 Å². The van der Waals surface area contributed by atoms with Gasteiger partial charge < -0.3 is 14.8 Å². The van der Waals surface area contributed by atoms with Crippen LogP contribution >= 0.6 is 0 Å². The minimum Gasteiger partial charge on any atom is -0.352 e. The lowest BCUT2D eigenvalue weighted by Gasteiger charge is -2.15. The molecule has 1 aromatic heterocycles. The fourth-order valence-electron chi connectivity index (χ4n) is 3.34. The topological polar surface area (TPSA) is 71.4 Å². The van der Waals surface area contributed by atoms with Gasteiger partial charge in [0.1, 0.15) is 6.54 Å². The number of carbonyl (C=O) groups excluding carboxylic acids is 2. The molecule has 1 aliphatic carbocycles. The largest absolute Gasteiger partial charge is 0.352 e. The second-order valence-corrected chi connectivity index (χ2v) is 6.80. The maximum Gasteiger partial charge on any atom is 0.254 e. The second kappa shape index (κ2) is 7.09. The van der Waals surface area contributed by atoms with Crippen LogP contribution in [0.5, 0.6) is 0 Å². The molecular weight excluding hydrogens is 318 g/mol. The van der Waals surface area contributed by atoms with Gasteiger partial charge in [-0.15, -0.1) is 0 Å². The Labute approximate surface area is 146 Å². The summed E-state index contributed by atoms with van der Waals surface area (Å²) >= 11 is 0. The second-order valence-electron chi connectivity index (χ2n) is 6.80. The Morgan fingerprint density at radius 2 is 1.96 bits per heavy atom. The first-order valence-corrected chi connectivity index (χ1v) is 8.60. The molecular formula is C19H23N3O3. The lowest BCUT2D eigenvalue weighted by atomic mass is 10.1. The van der Waals surface area contributed by atoms with E-state index in [0.717, 1.165) is 25.7 Å². The van der Waals surface area contributed by atoms with Gasteiger partial charge in [-0.3, -0.25) is 14.4 Å². The van der Waals surface area contributed by atoms with Crippen molar-refractivity contribution < 1.29 is 9.59 Å². The number of hydrogen-bond acceptors (Lipinski definition) is 3. The zero-order valence-corrected chi connectivity index (χ0v) is 14.6. The molecule has 1 fully saturated rings. The zero-order chi connectivity index (χ0) is 18.0. The van der Waals surface area contributed by atoms with Crippen molar-refractivity contribution in [3.63, 3.8) is 0 Å². The van der Waals surface area contributed by atoms with Crippen molar-refractivity contribution in [2.75, 3.05) is 14.1 Å². The van der Waals surface area contributed by atoms with Crippen molar-refractivity contribution >= 4 is 22.6 Å². The van der Waals surface area contributed by atoms with Gasteiger partial charge in [-0.2, -0.15) is 0 Å². The average Bonchev–Trinajstić information content (AvgIpc) is 3.07. The fourth-order valence-corrected chi connectivity index (χ4v) is 3.34. The summed E-state index contributed by atoms with van der Waals surface area (Å²) in [5.41, 5.74) is 0.274. The maximum atomic E-state index is 12.4. The van der Waals surface area contributed by atoms with Gasteiger partial charge in [-0.05, 0) is 24.3 Å². The summed E-state index contributed by atoms with van der Waals surface area (Å²) in [6, 6.07) is 6.99. The van der Waals surface area contributed by atoms with E-state index in [1.807, 2.05) is 0 Å². The Kier molecular flexibility index (Phi) is 4.88. The van der Waals surface area contributed by atoms with Crippen LogP contribution in [0.4, 0.5) is 0 Å². The molecule has 132 valence electrons. The number of rotatable bonds is 4. The van der Waals surface area contributed by atoms with Crippen LogP contribution in [0.2, 0.25) is 0 Å². The summed E-state index contributed by atoms with van der Waals surface area (Å²) in [7, 11) is 3.37. The van der Waals surface area contributed by atoms with Gasteiger partial charge in [0.15, 0.2) is 0 Å². The van der Waals surface area contributed by atoms with E-state index in [1.165, 1.54) is 15.5 Å². The summed E-state index contributed by atoms with van der Waals surface area (Å²) in [5.74, 6) is -0.295. The number of pyridine rings is 1. The Balaban J connectivity index is 1.91. The smallest absolute Gasteiger partial charge is 0.254 e. The number of fused-ring (bicyclic) bond motifs is 1. The molecule has 0 atom stereocenters. The van der Waals surface area contributed by atoms with Gasteiger partial charge in [0.25, 0.3) is 11.5 Å². The molecule has 3 rings (SSSR count). The Bertz CT molecular complexity index is 864. The van der Waals surface area contributed by atoms with Crippen molar-refractivity contribution in [3.8, 4) is 0 Å². The van der Waals surface area contributed by atoms with Crippen molar-refractivity contribution in [1.29, 1.82) is 0 Å². The molecule has 0 radical (unpaired) electrons. The third-order valence-electron chi connectivity index (χ3n) is 4.66. The van der Waals surface area contributed by atoms with Crippen LogP contribution in [0.1, 0.15) is 36.0 Å². The fraction of sp³-hybridized carbons (Fsp3) is 0.421. The number of carbonyl (C=O) groups is 2. The molecule has 2 aromatic rings. The van der Waals surface area contributed by atoms with Crippen molar-refractivity contribution in [3.05, 3.63) is 46.4 Å². The van der Waals surface area contributed by atoms with E-state index in [1.54, 1.807) is 38.5 Å². The highest BCUT2D eigenvalue weighted by Gasteiger charge is 2.18. The number of nitrogens with one attached hydrogen (secondary N) is 1. The molecule has 1 aliphatic rings. The molecule has 0 unspecified atom stereocenters. The number of aromatic nitrogens is 1. The molecule has 25 heavy (non-hydrogen) atoms. The van der Waals surface area contributed by atoms with Crippen LogP contribution in [0.25, 0.3) is 10.8 Å². The first-order chi connectivity index (χ1) is 12.0. The highest BCUT2D eigenvalue weighted by Crippen LogP contribution is 2.19. The normalized spacial score (nSPS) is 14.6. The van der Waals surface area contributed by atoms with Crippen molar-refractivity contribution in [2.24, 2.45) is 0 Å². The van der Waals surface area contributed by atoms with Crippen molar-refractivity contribution in [1.82, 2.24) is 14.8 Å². The predicted octanol–water partition coefficient (Wildman–Crippen LogP) is 1.76. The van der Waals surface area contributed by atoms with Gasteiger partial charge in [0.05, 0.1) is 0 Å². The molecule has 2 amide bonds. The number of benzene rings is 1. The van der Waals surface area contributed by atoms with E-state index >= 15 is 0 Å². The van der Waals surface area contributed by atoms with Crippen LogP contribution in [0.15, 0.2) is 35.3 Å². The lowest BCUT2D eigenvalue weighted by molar-refractivity contribution is -0.122. The van der Waals surface area contributed by atoms with Crippen molar-refractivity contribution in [2.45, 2.75) is 38.3 Å². The SMILES string of the molecule is CN(C)C(=O)c1cccc2cc(=O)n(CC(=O)NC3CCCC3)cc12. The minimum absolute atomic E-state index is 0.0320. The molecule has 1 heterocycles. The molecule has 6 nitrogen and oxygen atoms in total. The predicted molar refractivity (Wildman–Crippen MR) is 96.6 cm³/mol. The number of nitrogens with zero attached hydrogens (tertiary/aromatic N) is 2.